The Balaban J connectivity index is 2.00. The van der Waals surface area contributed by atoms with Crippen LogP contribution in [-0.2, 0) is 12.0 Å². The Kier molecular flexibility index (Phi) is 3.85. The van der Waals surface area contributed by atoms with Crippen LogP contribution in [0.15, 0.2) is 28.8 Å². The van der Waals surface area contributed by atoms with Crippen LogP contribution in [-0.4, -0.2) is 17.3 Å². The summed E-state index contributed by atoms with van der Waals surface area (Å²) in [5, 5.41) is 3.90. The third-order valence-electron chi connectivity index (χ3n) is 3.13. The molecule has 1 heterocycles. The number of ether oxygens (including phenoxy) is 1. The number of nitrogens with zero attached hydrogens (tertiary/aromatic N) is 2. The first-order chi connectivity index (χ1) is 9.01. The molecule has 0 aliphatic carbocycles. The molecule has 0 aliphatic heterocycles. The maximum absolute atomic E-state index is 6.25. The lowest BCUT2D eigenvalue weighted by molar-refractivity contribution is 0.355. The van der Waals surface area contributed by atoms with Gasteiger partial charge in [0.25, 0.3) is 0 Å². The van der Waals surface area contributed by atoms with E-state index >= 15 is 0 Å². The van der Waals surface area contributed by atoms with Crippen LogP contribution in [0.3, 0.4) is 0 Å². The smallest absolute Gasteiger partial charge is 0.223 e. The molecule has 1 aromatic carbocycles. The van der Waals surface area contributed by atoms with E-state index in [9.17, 15) is 0 Å². The molecule has 0 aliphatic rings. The summed E-state index contributed by atoms with van der Waals surface area (Å²) in [5.41, 5.74) is 6.87. The van der Waals surface area contributed by atoms with Crippen LogP contribution in [0.4, 0.5) is 0 Å². The number of aryl methyl sites for hydroxylation is 2. The zero-order valence-corrected chi connectivity index (χ0v) is 11.5. The molecule has 2 rings (SSSR count). The second-order valence-corrected chi connectivity index (χ2v) is 4.90. The van der Waals surface area contributed by atoms with Crippen molar-refractivity contribution in [2.45, 2.75) is 32.2 Å². The van der Waals surface area contributed by atoms with Gasteiger partial charge >= 0.3 is 0 Å². The van der Waals surface area contributed by atoms with Gasteiger partial charge in [-0.05, 0) is 37.5 Å². The monoisotopic (exact) mass is 261 g/mol. The molecule has 0 fully saturated rings. The second-order valence-electron chi connectivity index (χ2n) is 4.90. The predicted molar refractivity (Wildman–Crippen MR) is 71.9 cm³/mol. The molecule has 1 aromatic heterocycles. The molecule has 0 saturated carbocycles. The molecule has 1 unspecified atom stereocenters. The lowest BCUT2D eigenvalue weighted by Gasteiger charge is -2.20. The van der Waals surface area contributed by atoms with E-state index in [2.05, 4.69) is 10.1 Å². The summed E-state index contributed by atoms with van der Waals surface area (Å²) in [5.74, 6) is 1.95. The first kappa shape index (κ1) is 13.5. The van der Waals surface area contributed by atoms with Gasteiger partial charge in [-0.25, -0.2) is 0 Å². The van der Waals surface area contributed by atoms with E-state index in [4.69, 9.17) is 15.0 Å². The van der Waals surface area contributed by atoms with Gasteiger partial charge < -0.3 is 15.0 Å². The van der Waals surface area contributed by atoms with Gasteiger partial charge in [-0.2, -0.15) is 4.98 Å². The summed E-state index contributed by atoms with van der Waals surface area (Å²) in [6.07, 6.45) is 1.60. The lowest BCUT2D eigenvalue weighted by Crippen LogP contribution is -2.34. The number of hydrogen-bond donors (Lipinski definition) is 1. The zero-order valence-electron chi connectivity index (χ0n) is 11.5. The summed E-state index contributed by atoms with van der Waals surface area (Å²) < 4.78 is 10.1. The van der Waals surface area contributed by atoms with Crippen molar-refractivity contribution in [1.29, 1.82) is 0 Å². The van der Waals surface area contributed by atoms with Crippen molar-refractivity contribution in [2.24, 2.45) is 5.73 Å². The van der Waals surface area contributed by atoms with Crippen molar-refractivity contribution < 1.29 is 9.26 Å². The number of aromatic nitrogens is 2. The molecule has 1 atom stereocenters. The van der Waals surface area contributed by atoms with Crippen molar-refractivity contribution in [3.05, 3.63) is 41.5 Å². The molecule has 0 saturated heterocycles. The number of rotatable bonds is 5. The number of nitrogens with two attached hydrogens (primary N) is 1. The molecule has 0 amide bonds. The highest BCUT2D eigenvalue weighted by Gasteiger charge is 2.26. The van der Waals surface area contributed by atoms with Gasteiger partial charge in [0.1, 0.15) is 5.75 Å². The third-order valence-corrected chi connectivity index (χ3v) is 3.13. The van der Waals surface area contributed by atoms with Gasteiger partial charge in [-0.1, -0.05) is 17.3 Å². The van der Waals surface area contributed by atoms with Gasteiger partial charge in [-0.3, -0.25) is 0 Å². The maximum atomic E-state index is 6.25. The quantitative estimate of drug-likeness (QED) is 0.893. The SMILES string of the molecule is COc1ccc(CCC(C)(N)c2noc(C)n2)cc1. The minimum atomic E-state index is -0.586. The van der Waals surface area contributed by atoms with Gasteiger partial charge in [-0.15, -0.1) is 0 Å². The normalized spacial score (nSPS) is 14.1. The van der Waals surface area contributed by atoms with Crippen LogP contribution in [0.1, 0.15) is 30.6 Å². The van der Waals surface area contributed by atoms with Gasteiger partial charge in [0.15, 0.2) is 5.82 Å². The standard InChI is InChI=1S/C14H19N3O2/c1-10-16-13(17-19-10)14(2,15)9-8-11-4-6-12(18-3)7-5-11/h4-7H,8-9,15H2,1-3H3. The van der Waals surface area contributed by atoms with E-state index < -0.39 is 5.54 Å². The number of methoxy groups -OCH3 is 1. The average Bonchev–Trinajstić information content (AvgIpc) is 2.85. The fourth-order valence-corrected chi connectivity index (χ4v) is 1.84. The molecule has 2 aromatic rings. The van der Waals surface area contributed by atoms with Crippen molar-refractivity contribution in [2.75, 3.05) is 7.11 Å². The molecule has 5 heteroatoms. The molecule has 0 radical (unpaired) electrons. The minimum Gasteiger partial charge on any atom is -0.497 e. The first-order valence-corrected chi connectivity index (χ1v) is 6.24. The van der Waals surface area contributed by atoms with Crippen LogP contribution >= 0.6 is 0 Å². The fourth-order valence-electron chi connectivity index (χ4n) is 1.84. The highest BCUT2D eigenvalue weighted by Crippen LogP contribution is 2.22. The Labute approximate surface area is 112 Å². The van der Waals surface area contributed by atoms with E-state index in [0.29, 0.717) is 11.7 Å². The number of benzene rings is 1. The van der Waals surface area contributed by atoms with Crippen molar-refractivity contribution >= 4 is 0 Å². The lowest BCUT2D eigenvalue weighted by atomic mass is 9.93. The van der Waals surface area contributed by atoms with Crippen LogP contribution in [0.5, 0.6) is 5.75 Å². The molecule has 5 nitrogen and oxygen atoms in total. The van der Waals surface area contributed by atoms with E-state index in [1.54, 1.807) is 14.0 Å². The highest BCUT2D eigenvalue weighted by molar-refractivity contribution is 5.27. The Bertz CT molecular complexity index is 532. The molecular weight excluding hydrogens is 242 g/mol. The Morgan fingerprint density at radius 3 is 2.53 bits per heavy atom. The maximum Gasteiger partial charge on any atom is 0.223 e. The van der Waals surface area contributed by atoms with Crippen LogP contribution < -0.4 is 10.5 Å². The highest BCUT2D eigenvalue weighted by atomic mass is 16.5. The summed E-state index contributed by atoms with van der Waals surface area (Å²) in [4.78, 5) is 4.20. The van der Waals surface area contributed by atoms with Gasteiger partial charge in [0.2, 0.25) is 5.89 Å². The topological polar surface area (TPSA) is 74.2 Å². The molecule has 2 N–H and O–H groups in total. The molecule has 0 spiro atoms. The Morgan fingerprint density at radius 2 is 2.00 bits per heavy atom. The molecular formula is C14H19N3O2. The zero-order chi connectivity index (χ0) is 13.9. The van der Waals surface area contributed by atoms with E-state index in [0.717, 1.165) is 18.6 Å². The van der Waals surface area contributed by atoms with Gasteiger partial charge in [0, 0.05) is 6.92 Å². The van der Waals surface area contributed by atoms with E-state index in [-0.39, 0.29) is 0 Å². The largest absolute Gasteiger partial charge is 0.497 e. The van der Waals surface area contributed by atoms with Crippen LogP contribution in [0.2, 0.25) is 0 Å². The van der Waals surface area contributed by atoms with E-state index in [1.165, 1.54) is 5.56 Å². The Morgan fingerprint density at radius 1 is 1.32 bits per heavy atom. The molecule has 0 bridgehead atoms. The summed E-state index contributed by atoms with van der Waals surface area (Å²) >= 11 is 0. The van der Waals surface area contributed by atoms with Crippen molar-refractivity contribution in [3.63, 3.8) is 0 Å². The minimum absolute atomic E-state index is 0.538. The second kappa shape index (κ2) is 5.40. The predicted octanol–water partition coefficient (Wildman–Crippen LogP) is 2.19. The molecule has 102 valence electrons. The van der Waals surface area contributed by atoms with Crippen LogP contribution in [0, 0.1) is 6.92 Å². The van der Waals surface area contributed by atoms with Gasteiger partial charge in [0.05, 0.1) is 12.6 Å². The fraction of sp³-hybridized carbons (Fsp3) is 0.429. The summed E-state index contributed by atoms with van der Waals surface area (Å²) in [6, 6.07) is 7.97. The average molecular weight is 261 g/mol. The van der Waals surface area contributed by atoms with Crippen molar-refractivity contribution in [3.8, 4) is 5.75 Å². The first-order valence-electron chi connectivity index (χ1n) is 6.24. The Hall–Kier alpha value is -1.88. The molecule has 19 heavy (non-hydrogen) atoms. The summed E-state index contributed by atoms with van der Waals surface area (Å²) in [7, 11) is 1.66. The van der Waals surface area contributed by atoms with Crippen LogP contribution in [0.25, 0.3) is 0 Å². The van der Waals surface area contributed by atoms with E-state index in [1.807, 2.05) is 31.2 Å². The van der Waals surface area contributed by atoms with Crippen molar-refractivity contribution in [1.82, 2.24) is 10.1 Å². The number of hydrogen-bond acceptors (Lipinski definition) is 5. The summed E-state index contributed by atoms with van der Waals surface area (Å²) in [6.45, 7) is 3.68. The third kappa shape index (κ3) is 3.32.